The number of primary amides is 1. The smallest absolute Gasteiger partial charge is 0.246 e. The maximum atomic E-state index is 12.8. The first-order chi connectivity index (χ1) is 11.2. The van der Waals surface area contributed by atoms with Gasteiger partial charge in [-0.05, 0) is 38.8 Å². The molecule has 0 aromatic rings. The van der Waals surface area contributed by atoms with E-state index >= 15 is 0 Å². The van der Waals surface area contributed by atoms with E-state index in [1.807, 2.05) is 13.8 Å². The number of nitrogens with two attached hydrogens (primary N) is 2. The number of piperidine rings is 1. The summed E-state index contributed by atoms with van der Waals surface area (Å²) < 4.78 is 25.5. The minimum atomic E-state index is -3.70. The lowest BCUT2D eigenvalue weighted by Crippen LogP contribution is -2.65. The molecular weight excluding hydrogens is 330 g/mol. The molecule has 0 bridgehead atoms. The molecule has 7 nitrogen and oxygen atoms in total. The zero-order chi connectivity index (χ0) is 18.4. The van der Waals surface area contributed by atoms with Crippen molar-refractivity contribution >= 4 is 21.5 Å². The summed E-state index contributed by atoms with van der Waals surface area (Å²) >= 11 is 0. The molecule has 1 aliphatic rings. The van der Waals surface area contributed by atoms with Gasteiger partial charge in [0.15, 0.2) is 21.2 Å². The maximum absolute atomic E-state index is 12.8. The fourth-order valence-corrected chi connectivity index (χ4v) is 5.64. The lowest BCUT2D eigenvalue weighted by molar-refractivity contribution is -0.136. The van der Waals surface area contributed by atoms with Gasteiger partial charge < -0.3 is 16.8 Å². The third kappa shape index (κ3) is 5.00. The Labute approximate surface area is 144 Å². The van der Waals surface area contributed by atoms with E-state index in [0.717, 1.165) is 0 Å². The van der Waals surface area contributed by atoms with Gasteiger partial charge >= 0.3 is 0 Å². The molecule has 0 spiro atoms. The Hall–Kier alpha value is -0.990. The van der Waals surface area contributed by atoms with Crippen molar-refractivity contribution in [3.8, 4) is 0 Å². The van der Waals surface area contributed by atoms with E-state index in [1.165, 1.54) is 0 Å². The number of Topliss-reactive ketones (excluding diaryl/α,β-unsaturated/α-hetero) is 1. The molecule has 0 aliphatic carbocycles. The van der Waals surface area contributed by atoms with Crippen LogP contribution in [0.15, 0.2) is 0 Å². The van der Waals surface area contributed by atoms with Crippen LogP contribution in [-0.2, 0) is 19.4 Å². The van der Waals surface area contributed by atoms with Crippen molar-refractivity contribution in [2.75, 3.05) is 18.8 Å². The summed E-state index contributed by atoms with van der Waals surface area (Å²) in [4.78, 5) is 24.7. The van der Waals surface area contributed by atoms with Crippen LogP contribution in [0.25, 0.3) is 0 Å². The number of carbonyl (C=O) groups excluding carboxylic acids is 2. The van der Waals surface area contributed by atoms with Gasteiger partial charge in [-0.15, -0.1) is 0 Å². The third-order valence-electron chi connectivity index (χ3n) is 4.75. The molecule has 1 saturated heterocycles. The van der Waals surface area contributed by atoms with Gasteiger partial charge in [-0.25, -0.2) is 8.42 Å². The molecule has 1 aliphatic heterocycles. The molecule has 0 aromatic carbocycles. The van der Waals surface area contributed by atoms with Crippen molar-refractivity contribution in [2.45, 2.75) is 63.2 Å². The second kappa shape index (κ2) is 8.92. The fourth-order valence-electron chi connectivity index (χ4n) is 3.29. The predicted molar refractivity (Wildman–Crippen MR) is 94.1 cm³/mol. The molecule has 1 fully saturated rings. The largest absolute Gasteiger partial charge is 0.368 e. The normalized spacial score (nSPS) is 19.2. The van der Waals surface area contributed by atoms with Crippen LogP contribution in [0, 0.1) is 5.92 Å². The van der Waals surface area contributed by atoms with E-state index in [9.17, 15) is 18.0 Å². The fraction of sp³-hybridized carbons (Fsp3) is 0.875. The minimum absolute atomic E-state index is 0.422. The molecule has 24 heavy (non-hydrogen) atoms. The van der Waals surface area contributed by atoms with Gasteiger partial charge in [0.25, 0.3) is 0 Å². The van der Waals surface area contributed by atoms with E-state index in [0.29, 0.717) is 51.6 Å². The first kappa shape index (κ1) is 21.1. The zero-order valence-electron chi connectivity index (χ0n) is 14.7. The predicted octanol–water partition coefficient (Wildman–Crippen LogP) is 0.122. The molecule has 0 saturated carbocycles. The molecule has 0 aromatic heterocycles. The van der Waals surface area contributed by atoms with Gasteiger partial charge in [0, 0.05) is 5.92 Å². The standard InChI is InChI=1S/C16H31N3O4S/c1-3-5-13(6-4-2)24(22,23)11-16(18,15(17)21)14(20)12-7-9-19-10-8-12/h12-13,19H,3-11,18H2,1-2H3,(H2,17,21)/t16-/m1/s1. The van der Waals surface area contributed by atoms with Crippen LogP contribution in [0.4, 0.5) is 0 Å². The Morgan fingerprint density at radius 3 is 2.08 bits per heavy atom. The average Bonchev–Trinajstić information content (AvgIpc) is 2.54. The third-order valence-corrected chi connectivity index (χ3v) is 7.09. The van der Waals surface area contributed by atoms with Crippen LogP contribution in [0.2, 0.25) is 0 Å². The Bertz CT molecular complexity index is 538. The summed E-state index contributed by atoms with van der Waals surface area (Å²) in [6.07, 6.45) is 3.48. The topological polar surface area (TPSA) is 132 Å². The Morgan fingerprint density at radius 2 is 1.67 bits per heavy atom. The van der Waals surface area contributed by atoms with E-state index in [1.54, 1.807) is 0 Å². The molecule has 5 N–H and O–H groups in total. The first-order valence-electron chi connectivity index (χ1n) is 8.74. The summed E-state index contributed by atoms with van der Waals surface area (Å²) in [5.41, 5.74) is 9.24. The highest BCUT2D eigenvalue weighted by atomic mass is 32.2. The Morgan fingerprint density at radius 1 is 1.17 bits per heavy atom. The SMILES string of the molecule is CCCC(CCC)S(=O)(=O)C[C@](N)(C(N)=O)C(=O)C1CCNCC1. The molecule has 0 unspecified atom stereocenters. The molecule has 1 amide bonds. The highest BCUT2D eigenvalue weighted by molar-refractivity contribution is 7.92. The van der Waals surface area contributed by atoms with E-state index < -0.39 is 44.0 Å². The number of hydrogen-bond donors (Lipinski definition) is 3. The van der Waals surface area contributed by atoms with Crippen molar-refractivity contribution in [3.05, 3.63) is 0 Å². The van der Waals surface area contributed by atoms with Gasteiger partial charge in [-0.3, -0.25) is 9.59 Å². The summed E-state index contributed by atoms with van der Waals surface area (Å²) in [6, 6.07) is 0. The number of rotatable bonds is 10. The van der Waals surface area contributed by atoms with Crippen molar-refractivity contribution in [1.82, 2.24) is 5.32 Å². The monoisotopic (exact) mass is 361 g/mol. The van der Waals surface area contributed by atoms with Gasteiger partial charge in [0.2, 0.25) is 5.91 Å². The van der Waals surface area contributed by atoms with Crippen LogP contribution >= 0.6 is 0 Å². The van der Waals surface area contributed by atoms with Crippen LogP contribution in [0.1, 0.15) is 52.4 Å². The van der Waals surface area contributed by atoms with Crippen molar-refractivity contribution in [3.63, 3.8) is 0 Å². The highest BCUT2D eigenvalue weighted by Gasteiger charge is 2.48. The molecule has 1 atom stereocenters. The van der Waals surface area contributed by atoms with Crippen molar-refractivity contribution < 1.29 is 18.0 Å². The summed E-state index contributed by atoms with van der Waals surface area (Å²) in [7, 11) is -3.70. The summed E-state index contributed by atoms with van der Waals surface area (Å²) in [6.45, 7) is 5.10. The quantitative estimate of drug-likeness (QED) is 0.474. The number of hydrogen-bond acceptors (Lipinski definition) is 6. The van der Waals surface area contributed by atoms with Crippen LogP contribution in [-0.4, -0.2) is 49.7 Å². The molecule has 140 valence electrons. The van der Waals surface area contributed by atoms with Crippen LogP contribution in [0.5, 0.6) is 0 Å². The second-order valence-corrected chi connectivity index (χ2v) is 9.01. The first-order valence-corrected chi connectivity index (χ1v) is 10.5. The summed E-state index contributed by atoms with van der Waals surface area (Å²) in [5, 5.41) is 2.54. The lowest BCUT2D eigenvalue weighted by atomic mass is 9.82. The van der Waals surface area contributed by atoms with Gasteiger partial charge in [0.1, 0.15) is 0 Å². The van der Waals surface area contributed by atoms with Crippen LogP contribution in [0.3, 0.4) is 0 Å². The lowest BCUT2D eigenvalue weighted by Gasteiger charge is -2.32. The van der Waals surface area contributed by atoms with Crippen molar-refractivity contribution in [1.29, 1.82) is 0 Å². The molecule has 1 heterocycles. The molecular formula is C16H31N3O4S. The van der Waals surface area contributed by atoms with Crippen LogP contribution < -0.4 is 16.8 Å². The zero-order valence-corrected chi connectivity index (χ0v) is 15.5. The van der Waals surface area contributed by atoms with E-state index in [-0.39, 0.29) is 0 Å². The number of amides is 1. The average molecular weight is 362 g/mol. The second-order valence-electron chi connectivity index (χ2n) is 6.73. The maximum Gasteiger partial charge on any atom is 0.246 e. The van der Waals surface area contributed by atoms with Gasteiger partial charge in [-0.2, -0.15) is 0 Å². The number of sulfone groups is 1. The highest BCUT2D eigenvalue weighted by Crippen LogP contribution is 2.24. The van der Waals surface area contributed by atoms with E-state index in [2.05, 4.69) is 5.32 Å². The van der Waals surface area contributed by atoms with E-state index in [4.69, 9.17) is 11.5 Å². The molecule has 1 rings (SSSR count). The Kier molecular flexibility index (Phi) is 7.82. The van der Waals surface area contributed by atoms with Gasteiger partial charge in [0.05, 0.1) is 11.0 Å². The molecule has 0 radical (unpaired) electrons. The van der Waals surface area contributed by atoms with Gasteiger partial charge in [-0.1, -0.05) is 26.7 Å². The summed E-state index contributed by atoms with van der Waals surface area (Å²) in [5.74, 6) is -2.70. The Balaban J connectivity index is 3.05. The minimum Gasteiger partial charge on any atom is -0.368 e. The number of ketones is 1. The molecule has 8 heteroatoms. The van der Waals surface area contributed by atoms with Crippen molar-refractivity contribution in [2.24, 2.45) is 17.4 Å². The number of carbonyl (C=O) groups is 2. The number of nitrogens with one attached hydrogen (secondary N) is 1.